The number of aliphatic imine (C=N–C) groups is 3. The van der Waals surface area contributed by atoms with Gasteiger partial charge in [0.15, 0.2) is 16.7 Å². The van der Waals surface area contributed by atoms with E-state index in [0.717, 1.165) is 162 Å². The highest BCUT2D eigenvalue weighted by molar-refractivity contribution is 6.32. The molecule has 3 aliphatic heterocycles. The van der Waals surface area contributed by atoms with E-state index in [1.165, 1.54) is 0 Å². The molecule has 0 atom stereocenters. The lowest BCUT2D eigenvalue weighted by molar-refractivity contribution is 0.622. The summed E-state index contributed by atoms with van der Waals surface area (Å²) in [5, 5.41) is 21.6. The number of nitrogens with zero attached hydrogens (tertiary/aromatic N) is 6. The van der Waals surface area contributed by atoms with Gasteiger partial charge in [0.1, 0.15) is 34.1 Å². The first kappa shape index (κ1) is 46.2. The average Bonchev–Trinajstić information content (AvgIpc) is 4.23. The van der Waals surface area contributed by atoms with Crippen molar-refractivity contribution in [3.8, 4) is 0 Å². The summed E-state index contributed by atoms with van der Waals surface area (Å²) in [6.45, 7) is 11.1. The summed E-state index contributed by atoms with van der Waals surface area (Å²) in [5.74, 6) is 2.75. The Balaban J connectivity index is 0.000000122. The van der Waals surface area contributed by atoms with E-state index in [9.17, 15) is 0 Å². The molecular weight excluding hydrogens is 947 g/mol. The highest BCUT2D eigenvalue weighted by Gasteiger charge is 2.15. The number of oxazole rings is 3. The minimum Gasteiger partial charge on any atom is -0.423 e. The van der Waals surface area contributed by atoms with E-state index in [-0.39, 0.29) is 0 Å². The maximum atomic E-state index is 6.06. The number of aryl methyl sites for hydroxylation is 3. The number of hydrogen-bond donors (Lipinski definition) is 6. The topological polar surface area (TPSA) is 187 Å². The van der Waals surface area contributed by atoms with Crippen LogP contribution in [0.5, 0.6) is 0 Å². The highest BCUT2D eigenvalue weighted by atomic mass is 35.5. The van der Waals surface area contributed by atoms with Crippen LogP contribution in [0.1, 0.15) is 39.8 Å². The quantitative estimate of drug-likeness (QED) is 0.0805. The first-order valence-corrected chi connectivity index (χ1v) is 23.9. The second kappa shape index (κ2) is 20.6. The van der Waals surface area contributed by atoms with Gasteiger partial charge in [-0.3, -0.25) is 15.0 Å². The summed E-state index contributed by atoms with van der Waals surface area (Å²) in [6.07, 6.45) is 1.07. The van der Waals surface area contributed by atoms with Crippen molar-refractivity contribution >= 4 is 121 Å². The van der Waals surface area contributed by atoms with Gasteiger partial charge in [-0.15, -0.1) is 0 Å². The van der Waals surface area contributed by atoms with Crippen molar-refractivity contribution in [1.82, 2.24) is 30.9 Å². The number of hydrogen-bond acceptors (Lipinski definition) is 15. The molecule has 0 unspecified atom stereocenters. The van der Waals surface area contributed by atoms with Gasteiger partial charge >= 0.3 is 0 Å². The molecule has 354 valence electrons. The molecule has 0 saturated heterocycles. The van der Waals surface area contributed by atoms with Gasteiger partial charge < -0.3 is 45.2 Å². The maximum Gasteiger partial charge on any atom is 0.300 e. The Morgan fingerprint density at radius 2 is 0.814 bits per heavy atom. The van der Waals surface area contributed by atoms with Gasteiger partial charge in [0.05, 0.1) is 13.1 Å². The Bertz CT molecular complexity index is 3340. The summed E-state index contributed by atoms with van der Waals surface area (Å²) >= 11 is 18.1. The fraction of sp³-hybridized carbons (Fsp3) is 0.192. The number of amidine groups is 3. The van der Waals surface area contributed by atoms with Gasteiger partial charge in [-0.2, -0.15) is 15.0 Å². The number of rotatable bonds is 9. The van der Waals surface area contributed by atoms with Gasteiger partial charge in [0.2, 0.25) is 0 Å². The molecule has 70 heavy (non-hydrogen) atoms. The van der Waals surface area contributed by atoms with Crippen molar-refractivity contribution < 1.29 is 13.3 Å². The van der Waals surface area contributed by atoms with Crippen LogP contribution >= 0.6 is 34.8 Å². The molecule has 6 N–H and O–H groups in total. The molecule has 12 rings (SSSR count). The predicted octanol–water partition coefficient (Wildman–Crippen LogP) is 12.0. The van der Waals surface area contributed by atoms with E-state index in [0.29, 0.717) is 18.0 Å². The van der Waals surface area contributed by atoms with E-state index >= 15 is 0 Å². The fourth-order valence-corrected chi connectivity index (χ4v) is 8.18. The second-order valence-corrected chi connectivity index (χ2v) is 17.9. The number of fused-ring (bicyclic) bond motifs is 3. The Hall–Kier alpha value is -7.59. The highest BCUT2D eigenvalue weighted by Crippen LogP contribution is 2.29. The molecule has 6 heterocycles. The Kier molecular flexibility index (Phi) is 13.6. The summed E-state index contributed by atoms with van der Waals surface area (Å²) in [5.41, 5.74) is 13.4. The van der Waals surface area contributed by atoms with Crippen molar-refractivity contribution in [2.75, 3.05) is 55.2 Å². The van der Waals surface area contributed by atoms with Gasteiger partial charge in [0.25, 0.3) is 18.0 Å². The molecule has 6 aromatic carbocycles. The summed E-state index contributed by atoms with van der Waals surface area (Å²) < 4.78 is 17.3. The molecule has 18 heteroatoms. The molecule has 0 bridgehead atoms. The van der Waals surface area contributed by atoms with Crippen LogP contribution in [0.2, 0.25) is 15.1 Å². The van der Waals surface area contributed by atoms with Gasteiger partial charge in [-0.05, 0) is 153 Å². The zero-order valence-corrected chi connectivity index (χ0v) is 40.7. The van der Waals surface area contributed by atoms with Crippen LogP contribution in [0.25, 0.3) is 33.3 Å². The smallest absolute Gasteiger partial charge is 0.300 e. The van der Waals surface area contributed by atoms with Crippen molar-refractivity contribution in [2.45, 2.75) is 27.2 Å². The molecule has 3 aromatic heterocycles. The van der Waals surface area contributed by atoms with E-state index in [2.05, 4.69) is 61.8 Å². The molecule has 9 aromatic rings. The Morgan fingerprint density at radius 1 is 0.414 bits per heavy atom. The van der Waals surface area contributed by atoms with Crippen LogP contribution in [-0.4, -0.2) is 71.7 Å². The van der Waals surface area contributed by atoms with Crippen LogP contribution in [0.4, 0.5) is 35.1 Å². The van der Waals surface area contributed by atoms with Crippen molar-refractivity contribution in [2.24, 2.45) is 15.0 Å². The van der Waals surface area contributed by atoms with Crippen LogP contribution in [-0.2, 0) is 0 Å². The molecule has 0 radical (unpaired) electrons. The summed E-state index contributed by atoms with van der Waals surface area (Å²) in [7, 11) is 0. The first-order chi connectivity index (χ1) is 34.1. The second-order valence-electron chi connectivity index (χ2n) is 16.7. The molecule has 0 amide bonds. The molecular formula is C52H47Cl3N12O3. The minimum atomic E-state index is 0.459. The molecule has 0 aliphatic carbocycles. The SMILES string of the molecule is Cc1cc(Nc2nc3cc(C4=NCCCN4)ccc3o2)ccc1Cl.Cc1cc(Nc2nc3cc(C4=NCCN4)ccc3o2)ccc1Cl.Cc1cc(Nc2nc3ccc(C4=NCCN4)cc3o2)ccc1Cl. The lowest BCUT2D eigenvalue weighted by Gasteiger charge is -2.14. The molecule has 3 aliphatic rings. The number of benzene rings is 6. The van der Waals surface area contributed by atoms with Gasteiger partial charge in [-0.25, -0.2) is 0 Å². The fourth-order valence-electron chi connectivity index (χ4n) is 7.83. The predicted molar refractivity (Wildman–Crippen MR) is 283 cm³/mol. The monoisotopic (exact) mass is 992 g/mol. The van der Waals surface area contributed by atoms with Crippen molar-refractivity contribution in [3.63, 3.8) is 0 Å². The van der Waals surface area contributed by atoms with E-state index in [4.69, 9.17) is 48.1 Å². The standard InChI is InChI=1S/C18H17ClN4O.2C17H15ClN4O/c1-11-9-13(4-5-14(11)19)22-18-23-15-10-12(3-6-16(15)24-18)17-20-7-2-8-21-17;1-10-8-12(3-4-13(10)18)21-17-22-14-9-11(2-5-15(14)23-17)16-19-6-7-20-16;1-10-8-12(3-4-13(10)18)21-17-22-14-5-2-11(9-15(14)23-17)16-19-6-7-20-16/h3-6,9-10H,2,7-8H2,1H3,(H,20,21)(H,22,23);2*2-5,8-9H,6-7H2,1H3,(H,19,20)(H,21,22). The normalized spacial score (nSPS) is 14.1. The summed E-state index contributed by atoms with van der Waals surface area (Å²) in [6, 6.07) is 36.2. The van der Waals surface area contributed by atoms with Gasteiger partial charge in [0, 0.05) is 75.0 Å². The van der Waals surface area contributed by atoms with E-state index in [1.54, 1.807) is 0 Å². The number of halogens is 3. The van der Waals surface area contributed by atoms with Crippen LogP contribution in [0.15, 0.2) is 137 Å². The number of nitrogens with one attached hydrogen (secondary N) is 6. The largest absolute Gasteiger partial charge is 0.423 e. The van der Waals surface area contributed by atoms with E-state index in [1.807, 2.05) is 130 Å². The number of aromatic nitrogens is 3. The molecule has 0 fully saturated rings. The molecule has 0 saturated carbocycles. The zero-order valence-electron chi connectivity index (χ0n) is 38.4. The van der Waals surface area contributed by atoms with Crippen LogP contribution < -0.4 is 31.9 Å². The molecule has 0 spiro atoms. The van der Waals surface area contributed by atoms with E-state index < -0.39 is 0 Å². The number of anilines is 6. The Labute approximate surface area is 417 Å². The third-order valence-corrected chi connectivity index (χ3v) is 12.7. The average molecular weight is 994 g/mol. The Morgan fingerprint density at radius 3 is 1.23 bits per heavy atom. The first-order valence-electron chi connectivity index (χ1n) is 22.7. The van der Waals surface area contributed by atoms with Gasteiger partial charge in [-0.1, -0.05) is 34.8 Å². The van der Waals surface area contributed by atoms with Crippen molar-refractivity contribution in [3.05, 3.63) is 158 Å². The zero-order chi connectivity index (χ0) is 48.1. The van der Waals surface area contributed by atoms with Crippen LogP contribution in [0, 0.1) is 20.8 Å². The maximum absolute atomic E-state index is 6.06. The summed E-state index contributed by atoms with van der Waals surface area (Å²) in [4.78, 5) is 26.8. The van der Waals surface area contributed by atoms with Crippen LogP contribution in [0.3, 0.4) is 0 Å². The van der Waals surface area contributed by atoms with Crippen molar-refractivity contribution in [1.29, 1.82) is 0 Å². The third kappa shape index (κ3) is 10.8. The third-order valence-electron chi connectivity index (χ3n) is 11.5. The minimum absolute atomic E-state index is 0.459. The lowest BCUT2D eigenvalue weighted by Crippen LogP contribution is -2.30. The molecule has 15 nitrogen and oxygen atoms in total. The lowest BCUT2D eigenvalue weighted by atomic mass is 10.1.